The standard InChI is InChI=1S/C16H23ClN2O2/c1-2-19-6-3-4-12(5-7-19)18-14-11-16-15(10-13(14)17)20-8-9-21-16/h10-12,18H,2-9H2,1H3. The highest BCUT2D eigenvalue weighted by Gasteiger charge is 2.19. The Balaban J connectivity index is 1.69. The van der Waals surface area contributed by atoms with Crippen LogP contribution in [0.1, 0.15) is 26.2 Å². The molecule has 21 heavy (non-hydrogen) atoms. The number of fused-ring (bicyclic) bond motifs is 1. The number of hydrogen-bond donors (Lipinski definition) is 1. The van der Waals surface area contributed by atoms with Crippen molar-refractivity contribution in [3.63, 3.8) is 0 Å². The first-order chi connectivity index (χ1) is 10.3. The van der Waals surface area contributed by atoms with E-state index in [1.54, 1.807) is 0 Å². The van der Waals surface area contributed by atoms with E-state index in [1.807, 2.05) is 12.1 Å². The van der Waals surface area contributed by atoms with Gasteiger partial charge in [-0.05, 0) is 32.4 Å². The van der Waals surface area contributed by atoms with E-state index in [0.717, 1.165) is 36.7 Å². The summed E-state index contributed by atoms with van der Waals surface area (Å²) in [6.45, 7) is 6.90. The zero-order chi connectivity index (χ0) is 14.7. The van der Waals surface area contributed by atoms with Gasteiger partial charge in [0, 0.05) is 24.7 Å². The number of hydrogen-bond acceptors (Lipinski definition) is 4. The van der Waals surface area contributed by atoms with Crippen molar-refractivity contribution in [2.75, 3.05) is 38.2 Å². The molecule has 2 heterocycles. The summed E-state index contributed by atoms with van der Waals surface area (Å²) in [5.41, 5.74) is 0.955. The van der Waals surface area contributed by atoms with Crippen LogP contribution in [-0.4, -0.2) is 43.8 Å². The van der Waals surface area contributed by atoms with Gasteiger partial charge in [-0.2, -0.15) is 0 Å². The van der Waals surface area contributed by atoms with Crippen molar-refractivity contribution in [1.82, 2.24) is 4.90 Å². The second-order valence-corrected chi connectivity index (χ2v) is 6.09. The number of rotatable bonds is 3. The van der Waals surface area contributed by atoms with Gasteiger partial charge in [-0.15, -0.1) is 0 Å². The van der Waals surface area contributed by atoms with Crippen LogP contribution < -0.4 is 14.8 Å². The topological polar surface area (TPSA) is 33.7 Å². The van der Waals surface area contributed by atoms with E-state index in [1.165, 1.54) is 19.4 Å². The molecule has 0 aliphatic carbocycles. The molecule has 0 bridgehead atoms. The normalized spacial score (nSPS) is 22.7. The van der Waals surface area contributed by atoms with E-state index in [4.69, 9.17) is 21.1 Å². The van der Waals surface area contributed by atoms with Crippen molar-refractivity contribution >= 4 is 17.3 Å². The van der Waals surface area contributed by atoms with Crippen molar-refractivity contribution in [2.45, 2.75) is 32.2 Å². The predicted octanol–water partition coefficient (Wildman–Crippen LogP) is 3.40. The Kier molecular flexibility index (Phi) is 4.76. The minimum absolute atomic E-state index is 0.474. The van der Waals surface area contributed by atoms with Gasteiger partial charge in [0.15, 0.2) is 11.5 Å². The van der Waals surface area contributed by atoms with Gasteiger partial charge in [-0.1, -0.05) is 18.5 Å². The Morgan fingerprint density at radius 3 is 2.71 bits per heavy atom. The van der Waals surface area contributed by atoms with Crippen molar-refractivity contribution in [3.8, 4) is 11.5 Å². The molecule has 4 nitrogen and oxygen atoms in total. The SMILES string of the molecule is CCN1CCCC(Nc2cc3c(cc2Cl)OCCO3)CC1. The lowest BCUT2D eigenvalue weighted by Gasteiger charge is -2.23. The minimum atomic E-state index is 0.474. The van der Waals surface area contributed by atoms with Gasteiger partial charge in [0.05, 0.1) is 10.7 Å². The third-order valence-corrected chi connectivity index (χ3v) is 4.57. The summed E-state index contributed by atoms with van der Waals surface area (Å²) in [7, 11) is 0. The maximum atomic E-state index is 6.37. The monoisotopic (exact) mass is 310 g/mol. The van der Waals surface area contributed by atoms with Crippen molar-refractivity contribution in [2.24, 2.45) is 0 Å². The van der Waals surface area contributed by atoms with Gasteiger partial charge in [0.1, 0.15) is 13.2 Å². The third kappa shape index (κ3) is 3.55. The molecule has 116 valence electrons. The lowest BCUT2D eigenvalue weighted by molar-refractivity contribution is 0.171. The smallest absolute Gasteiger partial charge is 0.163 e. The quantitative estimate of drug-likeness (QED) is 0.928. The molecule has 5 heteroatoms. The molecule has 0 radical (unpaired) electrons. The molecular formula is C16H23ClN2O2. The van der Waals surface area contributed by atoms with Crippen molar-refractivity contribution in [3.05, 3.63) is 17.2 Å². The molecule has 0 spiro atoms. The molecule has 1 N–H and O–H groups in total. The molecule has 1 atom stereocenters. The number of nitrogens with zero attached hydrogens (tertiary/aromatic N) is 1. The van der Waals surface area contributed by atoms with E-state index in [-0.39, 0.29) is 0 Å². The second-order valence-electron chi connectivity index (χ2n) is 5.68. The van der Waals surface area contributed by atoms with E-state index >= 15 is 0 Å². The Morgan fingerprint density at radius 1 is 1.19 bits per heavy atom. The summed E-state index contributed by atoms with van der Waals surface area (Å²) in [5, 5.41) is 4.29. The first kappa shape index (κ1) is 14.8. The second kappa shape index (κ2) is 6.75. The summed E-state index contributed by atoms with van der Waals surface area (Å²) < 4.78 is 11.2. The molecule has 0 amide bonds. The van der Waals surface area contributed by atoms with E-state index in [0.29, 0.717) is 24.3 Å². The number of ether oxygens (including phenoxy) is 2. The van der Waals surface area contributed by atoms with Gasteiger partial charge in [-0.25, -0.2) is 0 Å². The average Bonchev–Trinajstić information content (AvgIpc) is 2.73. The van der Waals surface area contributed by atoms with Crippen LogP contribution >= 0.6 is 11.6 Å². The summed E-state index contributed by atoms with van der Waals surface area (Å²) in [4.78, 5) is 2.51. The van der Waals surface area contributed by atoms with Crippen LogP contribution in [0.25, 0.3) is 0 Å². The van der Waals surface area contributed by atoms with Crippen LogP contribution in [0, 0.1) is 0 Å². The Labute approximate surface area is 131 Å². The maximum absolute atomic E-state index is 6.37. The zero-order valence-corrected chi connectivity index (χ0v) is 13.3. The predicted molar refractivity (Wildman–Crippen MR) is 85.8 cm³/mol. The highest BCUT2D eigenvalue weighted by Crippen LogP contribution is 2.38. The number of nitrogens with one attached hydrogen (secondary N) is 1. The van der Waals surface area contributed by atoms with Crippen LogP contribution in [0.2, 0.25) is 5.02 Å². The van der Waals surface area contributed by atoms with Crippen molar-refractivity contribution < 1.29 is 9.47 Å². The third-order valence-electron chi connectivity index (χ3n) is 4.26. The lowest BCUT2D eigenvalue weighted by atomic mass is 10.1. The highest BCUT2D eigenvalue weighted by molar-refractivity contribution is 6.33. The molecule has 3 rings (SSSR count). The van der Waals surface area contributed by atoms with Gasteiger partial charge < -0.3 is 19.7 Å². The largest absolute Gasteiger partial charge is 0.486 e. The van der Waals surface area contributed by atoms with Gasteiger partial charge in [0.25, 0.3) is 0 Å². The van der Waals surface area contributed by atoms with Gasteiger partial charge in [0.2, 0.25) is 0 Å². The number of benzene rings is 1. The minimum Gasteiger partial charge on any atom is -0.486 e. The first-order valence-corrected chi connectivity index (χ1v) is 8.22. The van der Waals surface area contributed by atoms with E-state index in [2.05, 4.69) is 17.1 Å². The number of likely N-dealkylation sites (tertiary alicyclic amines) is 1. The van der Waals surface area contributed by atoms with Crippen LogP contribution in [0.15, 0.2) is 12.1 Å². The van der Waals surface area contributed by atoms with Crippen LogP contribution in [0.4, 0.5) is 5.69 Å². The molecule has 0 saturated carbocycles. The van der Waals surface area contributed by atoms with Crippen LogP contribution in [0.5, 0.6) is 11.5 Å². The van der Waals surface area contributed by atoms with Crippen LogP contribution in [-0.2, 0) is 0 Å². The lowest BCUT2D eigenvalue weighted by Crippen LogP contribution is -2.26. The summed E-state index contributed by atoms with van der Waals surface area (Å²) in [6.07, 6.45) is 3.56. The summed E-state index contributed by atoms with van der Waals surface area (Å²) in [6, 6.07) is 4.30. The van der Waals surface area contributed by atoms with E-state index in [9.17, 15) is 0 Å². The van der Waals surface area contributed by atoms with Gasteiger partial charge >= 0.3 is 0 Å². The molecule has 1 saturated heterocycles. The Hall–Kier alpha value is -1.13. The fourth-order valence-electron chi connectivity index (χ4n) is 3.01. The maximum Gasteiger partial charge on any atom is 0.163 e. The first-order valence-electron chi connectivity index (χ1n) is 7.84. The fraction of sp³-hybridized carbons (Fsp3) is 0.625. The molecule has 1 aromatic carbocycles. The van der Waals surface area contributed by atoms with Crippen LogP contribution in [0.3, 0.4) is 0 Å². The molecule has 2 aliphatic rings. The Bertz CT molecular complexity index is 495. The van der Waals surface area contributed by atoms with Gasteiger partial charge in [-0.3, -0.25) is 0 Å². The molecule has 2 aliphatic heterocycles. The molecular weight excluding hydrogens is 288 g/mol. The molecule has 1 fully saturated rings. The average molecular weight is 311 g/mol. The number of halogens is 1. The Morgan fingerprint density at radius 2 is 1.95 bits per heavy atom. The highest BCUT2D eigenvalue weighted by atomic mass is 35.5. The zero-order valence-electron chi connectivity index (χ0n) is 12.5. The summed E-state index contributed by atoms with van der Waals surface area (Å²) >= 11 is 6.37. The number of anilines is 1. The molecule has 1 unspecified atom stereocenters. The molecule has 0 aromatic heterocycles. The summed E-state index contributed by atoms with van der Waals surface area (Å²) in [5.74, 6) is 1.53. The van der Waals surface area contributed by atoms with E-state index < -0.39 is 0 Å². The van der Waals surface area contributed by atoms with Crippen molar-refractivity contribution in [1.29, 1.82) is 0 Å². The molecule has 1 aromatic rings. The fourth-order valence-corrected chi connectivity index (χ4v) is 3.22.